The summed E-state index contributed by atoms with van der Waals surface area (Å²) in [6, 6.07) is 7.53. The van der Waals surface area contributed by atoms with E-state index in [-0.39, 0.29) is 36.8 Å². The van der Waals surface area contributed by atoms with Crippen LogP contribution in [0.3, 0.4) is 0 Å². The summed E-state index contributed by atoms with van der Waals surface area (Å²) in [6.07, 6.45) is 3.63. The first-order chi connectivity index (χ1) is 14.8. The second kappa shape index (κ2) is 8.37. The summed E-state index contributed by atoms with van der Waals surface area (Å²) in [4.78, 5) is 31.1. The van der Waals surface area contributed by atoms with Crippen molar-refractivity contribution in [2.75, 3.05) is 13.1 Å². The van der Waals surface area contributed by atoms with Gasteiger partial charge in [0, 0.05) is 18.9 Å². The van der Waals surface area contributed by atoms with Gasteiger partial charge in [-0.1, -0.05) is 18.2 Å². The van der Waals surface area contributed by atoms with E-state index in [4.69, 9.17) is 5.73 Å². The number of hydrogen-bond donors (Lipinski definition) is 2. The largest absolute Gasteiger partial charge is 0.508 e. The zero-order valence-electron chi connectivity index (χ0n) is 16.8. The number of carbonyl (C=O) groups excluding carboxylic acids is 2. The third-order valence-electron chi connectivity index (χ3n) is 5.77. The molecule has 2 fully saturated rings. The molecule has 1 aromatic carbocycles. The highest BCUT2D eigenvalue weighted by atomic mass is 32.2. The van der Waals surface area contributed by atoms with Crippen LogP contribution in [-0.4, -0.2) is 70.6 Å². The number of likely N-dealkylation sites (tertiary alicyclic amines) is 1. The Morgan fingerprint density at radius 2 is 2.03 bits per heavy atom. The van der Waals surface area contributed by atoms with Crippen molar-refractivity contribution in [3.63, 3.8) is 0 Å². The molecule has 0 aliphatic carbocycles. The van der Waals surface area contributed by atoms with Crippen molar-refractivity contribution in [3.8, 4) is 5.75 Å². The number of pyridine rings is 1. The lowest BCUT2D eigenvalue weighted by Crippen LogP contribution is -2.50. The van der Waals surface area contributed by atoms with Crippen LogP contribution in [0.4, 0.5) is 0 Å². The summed E-state index contributed by atoms with van der Waals surface area (Å²) in [5.74, 6) is -0.854. The number of sulfonamides is 1. The van der Waals surface area contributed by atoms with Crippen molar-refractivity contribution in [2.24, 2.45) is 5.73 Å². The van der Waals surface area contributed by atoms with Crippen LogP contribution in [0.1, 0.15) is 17.5 Å². The minimum Gasteiger partial charge on any atom is -0.508 e. The van der Waals surface area contributed by atoms with E-state index in [2.05, 4.69) is 4.98 Å². The SMILES string of the molecule is NC(Cc1cccc(O)c1)C(=O)N1CCC2C1C(=O)CN2S(=O)(=O)Cc1cccnc1. The number of nitrogens with two attached hydrogens (primary N) is 1. The number of Topliss-reactive ketones (excluding diaryl/α,β-unsaturated/α-hetero) is 1. The van der Waals surface area contributed by atoms with Gasteiger partial charge in [-0.05, 0) is 42.2 Å². The minimum absolute atomic E-state index is 0.0822. The van der Waals surface area contributed by atoms with Crippen LogP contribution in [0, 0.1) is 0 Å². The Morgan fingerprint density at radius 3 is 2.74 bits per heavy atom. The van der Waals surface area contributed by atoms with Crippen LogP contribution < -0.4 is 5.73 Å². The fraction of sp³-hybridized carbons (Fsp3) is 0.381. The van der Waals surface area contributed by atoms with Crippen LogP contribution in [0.25, 0.3) is 0 Å². The highest BCUT2D eigenvalue weighted by Crippen LogP contribution is 2.33. The number of phenols is 1. The topological polar surface area (TPSA) is 134 Å². The van der Waals surface area contributed by atoms with Crippen molar-refractivity contribution in [2.45, 2.75) is 36.7 Å². The van der Waals surface area contributed by atoms with Gasteiger partial charge >= 0.3 is 0 Å². The van der Waals surface area contributed by atoms with E-state index >= 15 is 0 Å². The van der Waals surface area contributed by atoms with Gasteiger partial charge in [0.15, 0.2) is 5.78 Å². The van der Waals surface area contributed by atoms with Gasteiger partial charge < -0.3 is 15.7 Å². The van der Waals surface area contributed by atoms with Crippen molar-refractivity contribution < 1.29 is 23.1 Å². The molecule has 9 nitrogen and oxygen atoms in total. The first kappa shape index (κ1) is 21.4. The predicted octanol–water partition coefficient (Wildman–Crippen LogP) is 0.0412. The van der Waals surface area contributed by atoms with Crippen molar-refractivity contribution in [1.82, 2.24) is 14.2 Å². The molecule has 0 saturated carbocycles. The molecule has 3 N–H and O–H groups in total. The third kappa shape index (κ3) is 4.32. The van der Waals surface area contributed by atoms with Crippen LogP contribution in [0.15, 0.2) is 48.8 Å². The average Bonchev–Trinajstić information content (AvgIpc) is 3.29. The van der Waals surface area contributed by atoms with Gasteiger partial charge in [0.05, 0.1) is 24.4 Å². The molecule has 2 saturated heterocycles. The Kier molecular flexibility index (Phi) is 5.78. The van der Waals surface area contributed by atoms with Gasteiger partial charge in [0.25, 0.3) is 0 Å². The first-order valence-electron chi connectivity index (χ1n) is 10.0. The molecule has 1 aromatic heterocycles. The van der Waals surface area contributed by atoms with Crippen LogP contribution >= 0.6 is 0 Å². The Balaban J connectivity index is 1.47. The Morgan fingerprint density at radius 1 is 1.26 bits per heavy atom. The summed E-state index contributed by atoms with van der Waals surface area (Å²) in [6.45, 7) is 0.0239. The molecule has 4 rings (SSSR count). The number of aromatic hydroxyl groups is 1. The molecule has 10 heteroatoms. The maximum Gasteiger partial charge on any atom is 0.240 e. The number of amides is 1. The number of rotatable bonds is 6. The van der Waals surface area contributed by atoms with E-state index in [9.17, 15) is 23.1 Å². The lowest BCUT2D eigenvalue weighted by molar-refractivity contribution is -0.137. The smallest absolute Gasteiger partial charge is 0.240 e. The summed E-state index contributed by atoms with van der Waals surface area (Å²) in [5.41, 5.74) is 7.35. The van der Waals surface area contributed by atoms with E-state index in [0.29, 0.717) is 17.5 Å². The standard InChI is InChI=1S/C21H24N4O5S/c22-17(10-14-3-1-5-16(26)9-14)21(28)24-8-6-18-20(24)19(27)12-25(18)31(29,30)13-15-4-2-7-23-11-15/h1-5,7,9,11,17-18,20,26H,6,8,10,12-13,22H2. The van der Waals surface area contributed by atoms with Gasteiger partial charge in [0.2, 0.25) is 15.9 Å². The third-order valence-corrected chi connectivity index (χ3v) is 7.59. The molecule has 31 heavy (non-hydrogen) atoms. The highest BCUT2D eigenvalue weighted by molar-refractivity contribution is 7.88. The molecule has 2 aliphatic rings. The molecule has 0 radical (unpaired) electrons. The number of ketones is 1. The summed E-state index contributed by atoms with van der Waals surface area (Å²) in [7, 11) is -3.75. The van der Waals surface area contributed by atoms with E-state index in [1.54, 1.807) is 30.5 Å². The zero-order valence-corrected chi connectivity index (χ0v) is 17.6. The number of phenolic OH excluding ortho intramolecular Hbond substituents is 1. The summed E-state index contributed by atoms with van der Waals surface area (Å²) >= 11 is 0. The van der Waals surface area contributed by atoms with Crippen LogP contribution in [0.5, 0.6) is 5.75 Å². The van der Waals surface area contributed by atoms with Crippen LogP contribution in [0.2, 0.25) is 0 Å². The molecule has 3 atom stereocenters. The fourth-order valence-corrected chi connectivity index (χ4v) is 6.11. The Bertz CT molecular complexity index is 1090. The predicted molar refractivity (Wildman–Crippen MR) is 112 cm³/mol. The quantitative estimate of drug-likeness (QED) is 0.642. The van der Waals surface area contributed by atoms with Gasteiger partial charge in [0.1, 0.15) is 11.8 Å². The van der Waals surface area contributed by atoms with E-state index < -0.39 is 34.1 Å². The maximum absolute atomic E-state index is 13.0. The molecule has 0 bridgehead atoms. The molecule has 2 aliphatic heterocycles. The first-order valence-corrected chi connectivity index (χ1v) is 11.6. The molecular weight excluding hydrogens is 420 g/mol. The lowest BCUT2D eigenvalue weighted by atomic mass is 10.0. The number of hydrogen-bond acceptors (Lipinski definition) is 7. The van der Waals surface area contributed by atoms with Crippen molar-refractivity contribution >= 4 is 21.7 Å². The summed E-state index contributed by atoms with van der Waals surface area (Å²) < 4.78 is 27.2. The van der Waals surface area contributed by atoms with E-state index in [1.165, 1.54) is 27.5 Å². The highest BCUT2D eigenvalue weighted by Gasteiger charge is 2.53. The summed E-state index contributed by atoms with van der Waals surface area (Å²) in [5, 5.41) is 9.60. The lowest BCUT2D eigenvalue weighted by Gasteiger charge is -2.26. The molecular formula is C21H24N4O5S. The molecule has 0 spiro atoms. The van der Waals surface area contributed by atoms with Gasteiger partial charge in [-0.3, -0.25) is 14.6 Å². The fourth-order valence-electron chi connectivity index (χ4n) is 4.40. The monoisotopic (exact) mass is 444 g/mol. The molecule has 2 aromatic rings. The van der Waals surface area contributed by atoms with E-state index in [1.807, 2.05) is 0 Å². The number of nitrogens with zero attached hydrogens (tertiary/aromatic N) is 3. The molecule has 164 valence electrons. The van der Waals surface area contributed by atoms with Crippen molar-refractivity contribution in [3.05, 3.63) is 59.9 Å². The maximum atomic E-state index is 13.0. The second-order valence-electron chi connectivity index (χ2n) is 7.94. The minimum atomic E-state index is -3.75. The van der Waals surface area contributed by atoms with Crippen molar-refractivity contribution in [1.29, 1.82) is 0 Å². The molecule has 1 amide bonds. The second-order valence-corrected chi connectivity index (χ2v) is 9.86. The molecule has 3 heterocycles. The van der Waals surface area contributed by atoms with Gasteiger partial charge in [-0.2, -0.15) is 4.31 Å². The molecule has 3 unspecified atom stereocenters. The van der Waals surface area contributed by atoms with Gasteiger partial charge in [-0.15, -0.1) is 0 Å². The number of fused-ring (bicyclic) bond motifs is 1. The average molecular weight is 445 g/mol. The Labute approximate surface area is 180 Å². The van der Waals surface area contributed by atoms with E-state index in [0.717, 1.165) is 0 Å². The number of aromatic nitrogens is 1. The zero-order chi connectivity index (χ0) is 22.2. The Hall–Kier alpha value is -2.82. The number of carbonyl (C=O) groups is 2. The van der Waals surface area contributed by atoms with Crippen LogP contribution in [-0.2, 0) is 31.8 Å². The van der Waals surface area contributed by atoms with Gasteiger partial charge in [-0.25, -0.2) is 8.42 Å². The normalized spacial score (nSPS) is 22.5. The number of benzene rings is 1.